The van der Waals surface area contributed by atoms with Crippen molar-refractivity contribution in [3.05, 3.63) is 46.3 Å². The minimum absolute atomic E-state index is 0.0405. The molecular weight excluding hydrogens is 310 g/mol. The third kappa shape index (κ3) is 2.79. The van der Waals surface area contributed by atoms with Crippen LogP contribution in [0.2, 0.25) is 0 Å². The highest BCUT2D eigenvalue weighted by Crippen LogP contribution is 2.36. The van der Waals surface area contributed by atoms with E-state index in [1.807, 2.05) is 21.7 Å². The predicted octanol–water partition coefficient (Wildman–Crippen LogP) is 2.90. The van der Waals surface area contributed by atoms with Crippen LogP contribution < -0.4 is 5.32 Å². The van der Waals surface area contributed by atoms with E-state index in [9.17, 15) is 9.59 Å². The standard InChI is InChI=1S/C17H21N3O2S/c1-3-5-8-19-10-13-14(16(19)21)15(12-6-9-23-11-12)18-17(22)20(13)7-4-2/h4,6,9,11,15H,2-3,5,7-8,10H2,1H3,(H,18,22). The van der Waals surface area contributed by atoms with Gasteiger partial charge in [0.25, 0.3) is 5.91 Å². The van der Waals surface area contributed by atoms with Crippen LogP contribution in [0, 0.1) is 0 Å². The highest BCUT2D eigenvalue weighted by atomic mass is 32.1. The zero-order valence-corrected chi connectivity index (χ0v) is 14.1. The molecule has 3 amide bonds. The summed E-state index contributed by atoms with van der Waals surface area (Å²) in [6.07, 6.45) is 3.70. The summed E-state index contributed by atoms with van der Waals surface area (Å²) >= 11 is 1.57. The smallest absolute Gasteiger partial charge is 0.322 e. The summed E-state index contributed by atoms with van der Waals surface area (Å²) in [5.41, 5.74) is 2.51. The van der Waals surface area contributed by atoms with Gasteiger partial charge in [-0.15, -0.1) is 6.58 Å². The molecule has 0 aromatic carbocycles. The van der Waals surface area contributed by atoms with Crippen molar-refractivity contribution in [2.45, 2.75) is 25.8 Å². The van der Waals surface area contributed by atoms with E-state index in [0.717, 1.165) is 30.6 Å². The van der Waals surface area contributed by atoms with Gasteiger partial charge in [0.2, 0.25) is 0 Å². The minimum atomic E-state index is -0.344. The molecule has 1 N–H and O–H groups in total. The lowest BCUT2D eigenvalue weighted by molar-refractivity contribution is -0.125. The Hall–Kier alpha value is -2.08. The number of amides is 3. The molecule has 122 valence electrons. The molecule has 0 bridgehead atoms. The summed E-state index contributed by atoms with van der Waals surface area (Å²) in [5, 5.41) is 6.92. The highest BCUT2D eigenvalue weighted by Gasteiger charge is 2.43. The minimum Gasteiger partial charge on any atom is -0.333 e. The van der Waals surface area contributed by atoms with E-state index in [0.29, 0.717) is 18.7 Å². The van der Waals surface area contributed by atoms with Crippen LogP contribution in [0.3, 0.4) is 0 Å². The summed E-state index contributed by atoms with van der Waals surface area (Å²) in [5.74, 6) is 0.0405. The van der Waals surface area contributed by atoms with E-state index in [2.05, 4.69) is 18.8 Å². The maximum absolute atomic E-state index is 12.9. The molecule has 5 nitrogen and oxygen atoms in total. The van der Waals surface area contributed by atoms with Crippen LogP contribution in [-0.4, -0.2) is 41.4 Å². The van der Waals surface area contributed by atoms with Gasteiger partial charge in [0, 0.05) is 13.1 Å². The molecule has 0 spiro atoms. The van der Waals surface area contributed by atoms with Gasteiger partial charge in [0.1, 0.15) is 0 Å². The van der Waals surface area contributed by atoms with Crippen LogP contribution in [-0.2, 0) is 4.79 Å². The fourth-order valence-corrected chi connectivity index (χ4v) is 3.78. The van der Waals surface area contributed by atoms with Gasteiger partial charge in [-0.3, -0.25) is 9.69 Å². The van der Waals surface area contributed by atoms with Gasteiger partial charge in [-0.05, 0) is 28.8 Å². The lowest BCUT2D eigenvalue weighted by Gasteiger charge is -2.32. The van der Waals surface area contributed by atoms with Crippen LogP contribution in [0.4, 0.5) is 4.79 Å². The number of nitrogens with one attached hydrogen (secondary N) is 1. The van der Waals surface area contributed by atoms with E-state index < -0.39 is 0 Å². The average molecular weight is 331 g/mol. The number of hydrogen-bond donors (Lipinski definition) is 1. The molecule has 0 aliphatic carbocycles. The molecular formula is C17H21N3O2S. The van der Waals surface area contributed by atoms with Crippen molar-refractivity contribution in [1.29, 1.82) is 0 Å². The Labute approximate surface area is 140 Å². The topological polar surface area (TPSA) is 52.7 Å². The van der Waals surface area contributed by atoms with Crippen molar-refractivity contribution in [2.24, 2.45) is 0 Å². The first-order chi connectivity index (χ1) is 11.2. The molecule has 0 saturated carbocycles. The summed E-state index contributed by atoms with van der Waals surface area (Å²) in [7, 11) is 0. The van der Waals surface area contributed by atoms with Crippen molar-refractivity contribution in [1.82, 2.24) is 15.1 Å². The van der Waals surface area contributed by atoms with Crippen LogP contribution in [0.15, 0.2) is 40.8 Å². The van der Waals surface area contributed by atoms with Crippen LogP contribution in [0.1, 0.15) is 31.4 Å². The Bertz CT molecular complexity index is 651. The number of carbonyl (C=O) groups excluding carboxylic acids is 2. The molecule has 3 rings (SSSR count). The molecule has 1 unspecified atom stereocenters. The van der Waals surface area contributed by atoms with Gasteiger partial charge < -0.3 is 10.2 Å². The van der Waals surface area contributed by atoms with E-state index >= 15 is 0 Å². The maximum Gasteiger partial charge on any atom is 0.322 e. The van der Waals surface area contributed by atoms with Crippen molar-refractivity contribution in [3.63, 3.8) is 0 Å². The largest absolute Gasteiger partial charge is 0.333 e. The lowest BCUT2D eigenvalue weighted by Crippen LogP contribution is -2.47. The third-order valence-electron chi connectivity index (χ3n) is 4.27. The monoisotopic (exact) mass is 331 g/mol. The predicted molar refractivity (Wildman–Crippen MR) is 91.0 cm³/mol. The quantitative estimate of drug-likeness (QED) is 0.815. The van der Waals surface area contributed by atoms with Gasteiger partial charge in [-0.2, -0.15) is 11.3 Å². The second-order valence-electron chi connectivity index (χ2n) is 5.78. The van der Waals surface area contributed by atoms with Gasteiger partial charge in [-0.1, -0.05) is 19.4 Å². The Kier molecular flexibility index (Phi) is 4.52. The van der Waals surface area contributed by atoms with E-state index in [-0.39, 0.29) is 18.0 Å². The Morgan fingerprint density at radius 2 is 2.30 bits per heavy atom. The molecule has 2 aliphatic heterocycles. The molecule has 23 heavy (non-hydrogen) atoms. The summed E-state index contributed by atoms with van der Waals surface area (Å²) < 4.78 is 0. The van der Waals surface area contributed by atoms with Crippen molar-refractivity contribution in [2.75, 3.05) is 19.6 Å². The maximum atomic E-state index is 12.9. The fraction of sp³-hybridized carbons (Fsp3) is 0.412. The highest BCUT2D eigenvalue weighted by molar-refractivity contribution is 7.08. The van der Waals surface area contributed by atoms with Crippen molar-refractivity contribution >= 4 is 23.3 Å². The summed E-state index contributed by atoms with van der Waals surface area (Å²) in [6, 6.07) is 1.46. The molecule has 1 atom stereocenters. The first-order valence-corrected chi connectivity index (χ1v) is 8.85. The lowest BCUT2D eigenvalue weighted by atomic mass is 9.98. The van der Waals surface area contributed by atoms with E-state index in [4.69, 9.17) is 0 Å². The van der Waals surface area contributed by atoms with Gasteiger partial charge >= 0.3 is 6.03 Å². The number of carbonyl (C=O) groups is 2. The van der Waals surface area contributed by atoms with Crippen LogP contribution in [0.25, 0.3) is 0 Å². The number of hydrogen-bond acceptors (Lipinski definition) is 3. The second-order valence-corrected chi connectivity index (χ2v) is 6.56. The Morgan fingerprint density at radius 1 is 1.48 bits per heavy atom. The summed E-state index contributed by atoms with van der Waals surface area (Å²) in [4.78, 5) is 28.8. The number of rotatable bonds is 6. The molecule has 1 aromatic rings. The Morgan fingerprint density at radius 3 is 2.96 bits per heavy atom. The molecule has 2 aliphatic rings. The van der Waals surface area contributed by atoms with Crippen LogP contribution >= 0.6 is 11.3 Å². The average Bonchev–Trinajstić information content (AvgIpc) is 3.17. The molecule has 0 radical (unpaired) electrons. The molecule has 3 heterocycles. The molecule has 0 fully saturated rings. The second kappa shape index (κ2) is 6.58. The van der Waals surface area contributed by atoms with Crippen molar-refractivity contribution in [3.8, 4) is 0 Å². The van der Waals surface area contributed by atoms with Crippen LogP contribution in [0.5, 0.6) is 0 Å². The van der Waals surface area contributed by atoms with Crippen molar-refractivity contribution < 1.29 is 9.59 Å². The molecule has 6 heteroatoms. The first kappa shape index (κ1) is 15.8. The number of urea groups is 1. The van der Waals surface area contributed by atoms with Gasteiger partial charge in [0.05, 0.1) is 23.9 Å². The Balaban J connectivity index is 1.97. The fourth-order valence-electron chi connectivity index (χ4n) is 3.09. The first-order valence-electron chi connectivity index (χ1n) is 7.90. The SMILES string of the molecule is C=CCN1C(=O)NC(c2ccsc2)C2=C1CN(CCCC)C2=O. The zero-order valence-electron chi connectivity index (χ0n) is 13.2. The van der Waals surface area contributed by atoms with Gasteiger partial charge in [0.15, 0.2) is 0 Å². The number of unbranched alkanes of at least 4 members (excludes halogenated alkanes) is 1. The molecule has 0 saturated heterocycles. The van der Waals surface area contributed by atoms with Gasteiger partial charge in [-0.25, -0.2) is 4.79 Å². The number of nitrogens with zero attached hydrogens (tertiary/aromatic N) is 2. The third-order valence-corrected chi connectivity index (χ3v) is 4.97. The van der Waals surface area contributed by atoms with E-state index in [1.54, 1.807) is 22.3 Å². The number of thiophene rings is 1. The summed E-state index contributed by atoms with van der Waals surface area (Å²) in [6.45, 7) is 7.48. The normalized spacial score (nSPS) is 20.8. The molecule has 1 aromatic heterocycles. The van der Waals surface area contributed by atoms with E-state index in [1.165, 1.54) is 0 Å². The zero-order chi connectivity index (χ0) is 16.4.